The van der Waals surface area contributed by atoms with Crippen LogP contribution in [0.5, 0.6) is 0 Å². The molecule has 1 saturated heterocycles. The molecule has 0 saturated carbocycles. The van der Waals surface area contributed by atoms with E-state index in [2.05, 4.69) is 10.3 Å². The molecule has 62 valence electrons. The fraction of sp³-hybridized carbons (Fsp3) is 0.333. The van der Waals surface area contributed by atoms with Gasteiger partial charge in [0.2, 0.25) is 0 Å². The Labute approximate surface area is 70.8 Å². The first-order valence-electron chi connectivity index (χ1n) is 4.04. The smallest absolute Gasteiger partial charge is 0.151 e. The Kier molecular flexibility index (Phi) is 1.87. The Balaban J connectivity index is 2.18. The number of carbonyl (C=O) groups excluding carboxylic acids is 1. The second kappa shape index (κ2) is 3.03. The van der Waals surface area contributed by atoms with Crippen LogP contribution in [0.3, 0.4) is 0 Å². The van der Waals surface area contributed by atoms with Gasteiger partial charge in [0.1, 0.15) is 0 Å². The van der Waals surface area contributed by atoms with E-state index in [1.54, 1.807) is 12.3 Å². The van der Waals surface area contributed by atoms with E-state index >= 15 is 0 Å². The minimum Gasteiger partial charge on any atom is -0.309 e. The van der Waals surface area contributed by atoms with Gasteiger partial charge < -0.3 is 5.32 Å². The highest BCUT2D eigenvalue weighted by atomic mass is 16.1. The highest BCUT2D eigenvalue weighted by Gasteiger charge is 2.18. The van der Waals surface area contributed by atoms with Crippen LogP contribution in [0.4, 0.5) is 0 Å². The van der Waals surface area contributed by atoms with Crippen molar-refractivity contribution < 1.29 is 4.79 Å². The lowest BCUT2D eigenvalue weighted by atomic mass is 10.0. The molecular weight excluding hydrogens is 152 g/mol. The molecule has 1 fully saturated rings. The summed E-state index contributed by atoms with van der Waals surface area (Å²) in [6, 6.07) is 4.11. The number of aromatic nitrogens is 1. The summed E-state index contributed by atoms with van der Waals surface area (Å²) in [5.41, 5.74) is 1.67. The van der Waals surface area contributed by atoms with Crippen molar-refractivity contribution in [1.82, 2.24) is 10.3 Å². The first kappa shape index (κ1) is 7.43. The standard InChI is InChI=1S/C9H10N2O/c12-6-7-1-2-8(11-5-7)9-3-4-10-9/h1-2,5-6,9-10H,3-4H2/t9-/m0/s1. The first-order chi connectivity index (χ1) is 5.90. The van der Waals surface area contributed by atoms with Gasteiger partial charge in [0.05, 0.1) is 11.7 Å². The van der Waals surface area contributed by atoms with Crippen molar-refractivity contribution in [2.24, 2.45) is 0 Å². The van der Waals surface area contributed by atoms with E-state index in [9.17, 15) is 4.79 Å². The zero-order valence-corrected chi connectivity index (χ0v) is 6.66. The molecule has 0 aliphatic carbocycles. The summed E-state index contributed by atoms with van der Waals surface area (Å²) in [5.74, 6) is 0. The molecule has 1 N–H and O–H groups in total. The van der Waals surface area contributed by atoms with Crippen LogP contribution in [0.2, 0.25) is 0 Å². The minimum atomic E-state index is 0.408. The molecule has 1 aromatic heterocycles. The molecule has 0 spiro atoms. The minimum absolute atomic E-state index is 0.408. The molecular formula is C9H10N2O. The van der Waals surface area contributed by atoms with Gasteiger partial charge >= 0.3 is 0 Å². The lowest BCUT2D eigenvalue weighted by Gasteiger charge is -2.26. The highest BCUT2D eigenvalue weighted by Crippen LogP contribution is 2.20. The van der Waals surface area contributed by atoms with E-state index < -0.39 is 0 Å². The maximum atomic E-state index is 10.3. The summed E-state index contributed by atoms with van der Waals surface area (Å²) in [7, 11) is 0. The van der Waals surface area contributed by atoms with E-state index in [4.69, 9.17) is 0 Å². The number of carbonyl (C=O) groups is 1. The molecule has 1 aromatic rings. The van der Waals surface area contributed by atoms with E-state index in [0.29, 0.717) is 11.6 Å². The number of rotatable bonds is 2. The van der Waals surface area contributed by atoms with Crippen LogP contribution in [-0.2, 0) is 0 Å². The van der Waals surface area contributed by atoms with Crippen LogP contribution < -0.4 is 5.32 Å². The van der Waals surface area contributed by atoms with Gasteiger partial charge in [-0.05, 0) is 25.1 Å². The summed E-state index contributed by atoms with van der Waals surface area (Å²) in [4.78, 5) is 14.5. The molecule has 3 nitrogen and oxygen atoms in total. The molecule has 1 aliphatic heterocycles. The Hall–Kier alpha value is -1.22. The quantitative estimate of drug-likeness (QED) is 0.658. The van der Waals surface area contributed by atoms with Crippen LogP contribution in [0.25, 0.3) is 0 Å². The number of aldehydes is 1. The van der Waals surface area contributed by atoms with Gasteiger partial charge in [0, 0.05) is 11.8 Å². The molecule has 1 aliphatic rings. The highest BCUT2D eigenvalue weighted by molar-refractivity contribution is 5.73. The van der Waals surface area contributed by atoms with Crippen molar-refractivity contribution >= 4 is 6.29 Å². The van der Waals surface area contributed by atoms with Crippen molar-refractivity contribution in [3.8, 4) is 0 Å². The van der Waals surface area contributed by atoms with Gasteiger partial charge in [0.25, 0.3) is 0 Å². The second-order valence-corrected chi connectivity index (χ2v) is 2.93. The molecule has 0 unspecified atom stereocenters. The van der Waals surface area contributed by atoms with Crippen molar-refractivity contribution in [2.45, 2.75) is 12.5 Å². The fourth-order valence-corrected chi connectivity index (χ4v) is 1.23. The summed E-state index contributed by atoms with van der Waals surface area (Å²) in [5, 5.41) is 3.25. The lowest BCUT2D eigenvalue weighted by Crippen LogP contribution is -2.35. The summed E-state index contributed by atoms with van der Waals surface area (Å²) in [6.45, 7) is 1.07. The zero-order valence-electron chi connectivity index (χ0n) is 6.66. The number of nitrogens with one attached hydrogen (secondary N) is 1. The number of hydrogen-bond donors (Lipinski definition) is 1. The van der Waals surface area contributed by atoms with Gasteiger partial charge in [-0.3, -0.25) is 9.78 Å². The lowest BCUT2D eigenvalue weighted by molar-refractivity contribution is 0.112. The molecule has 2 rings (SSSR count). The predicted octanol–water partition coefficient (Wildman–Crippen LogP) is 0.929. The van der Waals surface area contributed by atoms with Crippen molar-refractivity contribution in [1.29, 1.82) is 0 Å². The second-order valence-electron chi connectivity index (χ2n) is 2.93. The monoisotopic (exact) mass is 162 g/mol. The van der Waals surface area contributed by atoms with Crippen LogP contribution >= 0.6 is 0 Å². The largest absolute Gasteiger partial charge is 0.309 e. The van der Waals surface area contributed by atoms with Crippen LogP contribution in [0.15, 0.2) is 18.3 Å². The molecule has 2 heterocycles. The topological polar surface area (TPSA) is 42.0 Å². The molecule has 12 heavy (non-hydrogen) atoms. The molecule has 0 radical (unpaired) electrons. The molecule has 3 heteroatoms. The number of nitrogens with zero attached hydrogens (tertiary/aromatic N) is 1. The summed E-state index contributed by atoms with van der Waals surface area (Å²) in [6.07, 6.45) is 3.57. The first-order valence-corrected chi connectivity index (χ1v) is 4.04. The van der Waals surface area contributed by atoms with Gasteiger partial charge in [-0.25, -0.2) is 0 Å². The average Bonchev–Trinajstić information content (AvgIpc) is 2.03. The zero-order chi connectivity index (χ0) is 8.39. The van der Waals surface area contributed by atoms with E-state index in [1.807, 2.05) is 6.07 Å². The summed E-state index contributed by atoms with van der Waals surface area (Å²) >= 11 is 0. The molecule has 1 atom stereocenters. The summed E-state index contributed by atoms with van der Waals surface area (Å²) < 4.78 is 0. The van der Waals surface area contributed by atoms with Crippen LogP contribution in [0.1, 0.15) is 28.5 Å². The van der Waals surface area contributed by atoms with Crippen molar-refractivity contribution in [3.05, 3.63) is 29.6 Å². The van der Waals surface area contributed by atoms with E-state index in [1.165, 1.54) is 0 Å². The third kappa shape index (κ3) is 1.23. The molecule has 0 bridgehead atoms. The van der Waals surface area contributed by atoms with Gasteiger partial charge in [-0.2, -0.15) is 0 Å². The predicted molar refractivity (Wildman–Crippen MR) is 45.0 cm³/mol. The number of hydrogen-bond acceptors (Lipinski definition) is 3. The third-order valence-electron chi connectivity index (χ3n) is 2.13. The Morgan fingerprint density at radius 3 is 2.83 bits per heavy atom. The van der Waals surface area contributed by atoms with E-state index in [0.717, 1.165) is 24.9 Å². The maximum absolute atomic E-state index is 10.3. The van der Waals surface area contributed by atoms with Gasteiger partial charge in [-0.1, -0.05) is 0 Å². The Bertz CT molecular complexity index is 277. The van der Waals surface area contributed by atoms with Crippen LogP contribution in [0, 0.1) is 0 Å². The molecule has 0 aromatic carbocycles. The Morgan fingerprint density at radius 2 is 2.42 bits per heavy atom. The maximum Gasteiger partial charge on any atom is 0.151 e. The van der Waals surface area contributed by atoms with E-state index in [-0.39, 0.29) is 0 Å². The normalized spacial score (nSPS) is 21.5. The van der Waals surface area contributed by atoms with Crippen LogP contribution in [-0.4, -0.2) is 17.8 Å². The van der Waals surface area contributed by atoms with Gasteiger partial charge in [-0.15, -0.1) is 0 Å². The Morgan fingerprint density at radius 1 is 1.58 bits per heavy atom. The number of pyridine rings is 1. The third-order valence-corrected chi connectivity index (χ3v) is 2.13. The fourth-order valence-electron chi connectivity index (χ4n) is 1.23. The average molecular weight is 162 g/mol. The van der Waals surface area contributed by atoms with Crippen molar-refractivity contribution in [2.75, 3.05) is 6.54 Å². The SMILES string of the molecule is O=Cc1ccc([C@@H]2CCN2)nc1. The molecule has 0 amide bonds. The van der Waals surface area contributed by atoms with Crippen molar-refractivity contribution in [3.63, 3.8) is 0 Å². The van der Waals surface area contributed by atoms with Gasteiger partial charge in [0.15, 0.2) is 6.29 Å².